The fourth-order valence-corrected chi connectivity index (χ4v) is 2.68. The summed E-state index contributed by atoms with van der Waals surface area (Å²) in [5.74, 6) is 1.75. The fourth-order valence-electron chi connectivity index (χ4n) is 2.68. The molecule has 2 aromatic rings. The Labute approximate surface area is 107 Å². The average Bonchev–Trinajstić information content (AvgIpc) is 2.84. The highest BCUT2D eigenvalue weighted by Crippen LogP contribution is 2.29. The van der Waals surface area contributed by atoms with E-state index in [0.717, 1.165) is 35.9 Å². The van der Waals surface area contributed by atoms with Crippen LogP contribution in [0.25, 0.3) is 10.8 Å². The van der Waals surface area contributed by atoms with Crippen LogP contribution in [0.1, 0.15) is 19.0 Å². The lowest BCUT2D eigenvalue weighted by atomic mass is 10.1. The number of rotatable bonds is 2. The first kappa shape index (κ1) is 11.5. The lowest BCUT2D eigenvalue weighted by Crippen LogP contribution is -2.21. The van der Waals surface area contributed by atoms with Crippen LogP contribution >= 0.6 is 0 Å². The zero-order valence-corrected chi connectivity index (χ0v) is 10.6. The van der Waals surface area contributed by atoms with Gasteiger partial charge in [0.1, 0.15) is 5.82 Å². The maximum absolute atomic E-state index is 9.34. The monoisotopic (exact) mass is 242 g/mol. The van der Waals surface area contributed by atoms with E-state index in [-0.39, 0.29) is 6.61 Å². The minimum absolute atomic E-state index is 0.00122. The van der Waals surface area contributed by atoms with E-state index in [1.807, 2.05) is 18.2 Å². The number of pyridine rings is 1. The molecule has 1 aliphatic rings. The van der Waals surface area contributed by atoms with Crippen LogP contribution in [0.3, 0.4) is 0 Å². The molecule has 1 fully saturated rings. The maximum atomic E-state index is 9.34. The zero-order chi connectivity index (χ0) is 12.5. The number of benzene rings is 1. The molecule has 1 aliphatic heterocycles. The van der Waals surface area contributed by atoms with Gasteiger partial charge < -0.3 is 10.0 Å². The van der Waals surface area contributed by atoms with Crippen molar-refractivity contribution < 1.29 is 5.11 Å². The van der Waals surface area contributed by atoms with Gasteiger partial charge in [-0.3, -0.25) is 0 Å². The molecule has 0 spiro atoms. The van der Waals surface area contributed by atoms with E-state index in [2.05, 4.69) is 28.9 Å². The Kier molecular flexibility index (Phi) is 2.92. The van der Waals surface area contributed by atoms with Crippen molar-refractivity contribution in [3.8, 4) is 0 Å². The number of nitrogens with zero attached hydrogens (tertiary/aromatic N) is 2. The highest BCUT2D eigenvalue weighted by molar-refractivity contribution is 5.92. The summed E-state index contributed by atoms with van der Waals surface area (Å²) in [5.41, 5.74) is 0.753. The molecule has 1 unspecified atom stereocenters. The van der Waals surface area contributed by atoms with Gasteiger partial charge in [0.15, 0.2) is 0 Å². The number of aliphatic hydroxyl groups excluding tert-OH is 1. The van der Waals surface area contributed by atoms with Crippen LogP contribution in [0.5, 0.6) is 0 Å². The number of hydrogen-bond donors (Lipinski definition) is 1. The maximum Gasteiger partial charge on any atom is 0.136 e. The van der Waals surface area contributed by atoms with Gasteiger partial charge in [-0.1, -0.05) is 31.2 Å². The van der Waals surface area contributed by atoms with E-state index < -0.39 is 0 Å². The van der Waals surface area contributed by atoms with Crippen LogP contribution in [0.2, 0.25) is 0 Å². The van der Waals surface area contributed by atoms with Crippen LogP contribution in [0.15, 0.2) is 30.3 Å². The van der Waals surface area contributed by atoms with Gasteiger partial charge in [0.25, 0.3) is 0 Å². The molecule has 0 amide bonds. The van der Waals surface area contributed by atoms with Crippen molar-refractivity contribution in [1.29, 1.82) is 0 Å². The van der Waals surface area contributed by atoms with Gasteiger partial charge in [-0.25, -0.2) is 4.98 Å². The van der Waals surface area contributed by atoms with Crippen molar-refractivity contribution in [1.82, 2.24) is 4.98 Å². The van der Waals surface area contributed by atoms with Gasteiger partial charge in [-0.2, -0.15) is 0 Å². The predicted octanol–water partition coefficient (Wildman–Crippen LogP) is 2.57. The molecule has 0 bridgehead atoms. The van der Waals surface area contributed by atoms with E-state index in [1.165, 1.54) is 11.8 Å². The van der Waals surface area contributed by atoms with Crippen LogP contribution in [0, 0.1) is 5.92 Å². The Bertz CT molecular complexity index is 567. The molecular formula is C15H18N2O. The Balaban J connectivity index is 2.13. The normalized spacial score (nSPS) is 19.7. The second-order valence-corrected chi connectivity index (χ2v) is 5.16. The lowest BCUT2D eigenvalue weighted by molar-refractivity contribution is 0.277. The first-order valence-corrected chi connectivity index (χ1v) is 6.52. The Morgan fingerprint density at radius 1 is 1.39 bits per heavy atom. The summed E-state index contributed by atoms with van der Waals surface area (Å²) in [7, 11) is 0. The molecule has 1 saturated heterocycles. The van der Waals surface area contributed by atoms with Gasteiger partial charge in [-0.15, -0.1) is 0 Å². The summed E-state index contributed by atoms with van der Waals surface area (Å²) in [6.45, 7) is 4.40. The molecule has 0 aliphatic carbocycles. The molecule has 1 N–H and O–H groups in total. The van der Waals surface area contributed by atoms with Crippen LogP contribution < -0.4 is 4.90 Å². The van der Waals surface area contributed by atoms with Gasteiger partial charge in [0, 0.05) is 18.5 Å². The van der Waals surface area contributed by atoms with Crippen molar-refractivity contribution in [2.24, 2.45) is 5.92 Å². The molecule has 0 radical (unpaired) electrons. The van der Waals surface area contributed by atoms with Gasteiger partial charge >= 0.3 is 0 Å². The van der Waals surface area contributed by atoms with E-state index in [4.69, 9.17) is 0 Å². The SMILES string of the molecule is CC1CCN(c2nc(CO)cc3ccccc23)C1. The zero-order valence-electron chi connectivity index (χ0n) is 10.6. The summed E-state index contributed by atoms with van der Waals surface area (Å²) >= 11 is 0. The van der Waals surface area contributed by atoms with Crippen LogP contribution in [0.4, 0.5) is 5.82 Å². The van der Waals surface area contributed by atoms with E-state index in [0.29, 0.717) is 0 Å². The van der Waals surface area contributed by atoms with Gasteiger partial charge in [0.2, 0.25) is 0 Å². The molecule has 2 heterocycles. The third-order valence-corrected chi connectivity index (χ3v) is 3.66. The summed E-state index contributed by atoms with van der Waals surface area (Å²) < 4.78 is 0. The molecule has 1 atom stereocenters. The molecular weight excluding hydrogens is 224 g/mol. The first-order valence-electron chi connectivity index (χ1n) is 6.52. The minimum Gasteiger partial charge on any atom is -0.390 e. The molecule has 3 nitrogen and oxygen atoms in total. The standard InChI is InChI=1S/C15H18N2O/c1-11-6-7-17(9-11)15-14-5-3-2-4-12(14)8-13(10-18)16-15/h2-5,8,11,18H,6-7,9-10H2,1H3. The minimum atomic E-state index is 0.00122. The van der Waals surface area contributed by atoms with E-state index >= 15 is 0 Å². The molecule has 3 heteroatoms. The van der Waals surface area contributed by atoms with Crippen molar-refractivity contribution in [3.63, 3.8) is 0 Å². The van der Waals surface area contributed by atoms with Gasteiger partial charge in [-0.05, 0) is 23.8 Å². The Morgan fingerprint density at radius 3 is 2.94 bits per heavy atom. The Morgan fingerprint density at radius 2 is 2.22 bits per heavy atom. The highest BCUT2D eigenvalue weighted by Gasteiger charge is 2.21. The predicted molar refractivity (Wildman–Crippen MR) is 73.7 cm³/mol. The van der Waals surface area contributed by atoms with Crippen molar-refractivity contribution in [3.05, 3.63) is 36.0 Å². The van der Waals surface area contributed by atoms with Crippen molar-refractivity contribution in [2.45, 2.75) is 20.0 Å². The highest BCUT2D eigenvalue weighted by atomic mass is 16.3. The second kappa shape index (κ2) is 4.58. The smallest absolute Gasteiger partial charge is 0.136 e. The number of aromatic nitrogens is 1. The summed E-state index contributed by atoms with van der Waals surface area (Å²) in [6, 6.07) is 10.2. The summed E-state index contributed by atoms with van der Waals surface area (Å²) in [5, 5.41) is 11.7. The summed E-state index contributed by atoms with van der Waals surface area (Å²) in [4.78, 5) is 6.95. The number of fused-ring (bicyclic) bond motifs is 1. The molecule has 1 aromatic heterocycles. The molecule has 1 aromatic carbocycles. The molecule has 0 saturated carbocycles. The first-order chi connectivity index (χ1) is 8.78. The Hall–Kier alpha value is -1.61. The average molecular weight is 242 g/mol. The molecule has 94 valence electrons. The topological polar surface area (TPSA) is 36.4 Å². The number of aliphatic hydroxyl groups is 1. The van der Waals surface area contributed by atoms with Crippen molar-refractivity contribution >= 4 is 16.6 Å². The summed E-state index contributed by atoms with van der Waals surface area (Å²) in [6.07, 6.45) is 1.22. The van der Waals surface area contributed by atoms with Crippen molar-refractivity contribution in [2.75, 3.05) is 18.0 Å². The van der Waals surface area contributed by atoms with E-state index in [9.17, 15) is 5.11 Å². The van der Waals surface area contributed by atoms with Crippen LogP contribution in [-0.4, -0.2) is 23.2 Å². The number of anilines is 1. The van der Waals surface area contributed by atoms with Crippen LogP contribution in [-0.2, 0) is 6.61 Å². The second-order valence-electron chi connectivity index (χ2n) is 5.16. The van der Waals surface area contributed by atoms with Gasteiger partial charge in [0.05, 0.1) is 12.3 Å². The lowest BCUT2D eigenvalue weighted by Gasteiger charge is -2.20. The van der Waals surface area contributed by atoms with E-state index in [1.54, 1.807) is 0 Å². The third-order valence-electron chi connectivity index (χ3n) is 3.66. The largest absolute Gasteiger partial charge is 0.390 e. The molecule has 18 heavy (non-hydrogen) atoms. The number of hydrogen-bond acceptors (Lipinski definition) is 3. The third kappa shape index (κ3) is 1.95. The quantitative estimate of drug-likeness (QED) is 0.879. The molecule has 3 rings (SSSR count). The fraction of sp³-hybridized carbons (Fsp3) is 0.400.